The molecule has 0 N–H and O–H groups in total. The van der Waals surface area contributed by atoms with Crippen LogP contribution in [-0.2, 0) is 18.9 Å². The normalized spacial score (nSPS) is 11.1. The minimum absolute atomic E-state index is 0.449. The molecule has 4 nitrogen and oxygen atoms in total. The van der Waals surface area contributed by atoms with Crippen LogP contribution in [-0.4, -0.2) is 40.0 Å². The van der Waals surface area contributed by atoms with Crippen LogP contribution in [0.25, 0.3) is 0 Å². The van der Waals surface area contributed by atoms with Crippen LogP contribution in [0.4, 0.5) is 0 Å². The van der Waals surface area contributed by atoms with Crippen molar-refractivity contribution in [2.45, 2.75) is 71.6 Å². The minimum Gasteiger partial charge on any atom is -0.356 e. The summed E-state index contributed by atoms with van der Waals surface area (Å²) in [6.07, 6.45) is 11.6. The molecule has 0 atom stereocenters. The molecule has 0 aliphatic carbocycles. The van der Waals surface area contributed by atoms with Crippen LogP contribution in [0.15, 0.2) is 0 Å². The first-order valence-corrected chi connectivity index (χ1v) is 8.72. The zero-order valence-corrected chi connectivity index (χ0v) is 14.2. The van der Waals surface area contributed by atoms with Crippen LogP contribution in [0.3, 0.4) is 0 Å². The third kappa shape index (κ3) is 19.8. The van der Waals surface area contributed by atoms with Crippen molar-refractivity contribution in [2.24, 2.45) is 0 Å². The molecule has 0 rings (SSSR count). The predicted octanol–water partition coefficient (Wildman–Crippen LogP) is 4.52. The maximum Gasteiger partial charge on any atom is 0.146 e. The molecule has 21 heavy (non-hydrogen) atoms. The molecular weight excluding hydrogens is 268 g/mol. The van der Waals surface area contributed by atoms with Gasteiger partial charge in [0.05, 0.1) is 0 Å². The molecular formula is C17H36O4. The van der Waals surface area contributed by atoms with Crippen LogP contribution in [0, 0.1) is 0 Å². The molecule has 128 valence electrons. The summed E-state index contributed by atoms with van der Waals surface area (Å²) in [6.45, 7) is 8.00. The van der Waals surface area contributed by atoms with Gasteiger partial charge in [0.1, 0.15) is 13.6 Å². The molecule has 0 aromatic heterocycles. The zero-order valence-electron chi connectivity index (χ0n) is 14.2. The summed E-state index contributed by atoms with van der Waals surface area (Å²) in [7, 11) is 0. The Hall–Kier alpha value is -0.160. The van der Waals surface area contributed by atoms with Crippen molar-refractivity contribution in [1.29, 1.82) is 0 Å². The lowest BCUT2D eigenvalue weighted by Gasteiger charge is -2.05. The van der Waals surface area contributed by atoms with Crippen LogP contribution >= 0.6 is 0 Å². The third-order valence-corrected chi connectivity index (χ3v) is 3.32. The molecule has 0 heterocycles. The van der Waals surface area contributed by atoms with E-state index in [9.17, 15) is 0 Å². The van der Waals surface area contributed by atoms with Crippen LogP contribution in [0.5, 0.6) is 0 Å². The fraction of sp³-hybridized carbons (Fsp3) is 1.00. The Morgan fingerprint density at radius 2 is 0.762 bits per heavy atom. The molecule has 0 aliphatic heterocycles. The zero-order chi connectivity index (χ0) is 15.4. The van der Waals surface area contributed by atoms with Crippen molar-refractivity contribution in [1.82, 2.24) is 0 Å². The highest BCUT2D eigenvalue weighted by molar-refractivity contribution is 4.47. The predicted molar refractivity (Wildman–Crippen MR) is 86.4 cm³/mol. The van der Waals surface area contributed by atoms with Gasteiger partial charge in [0, 0.05) is 26.4 Å². The van der Waals surface area contributed by atoms with E-state index in [2.05, 4.69) is 0 Å². The molecule has 0 bridgehead atoms. The van der Waals surface area contributed by atoms with Crippen molar-refractivity contribution in [3.05, 3.63) is 0 Å². The average Bonchev–Trinajstić information content (AvgIpc) is 2.50. The lowest BCUT2D eigenvalue weighted by Crippen LogP contribution is -2.01. The first kappa shape index (κ1) is 20.8. The monoisotopic (exact) mass is 304 g/mol. The van der Waals surface area contributed by atoms with E-state index in [1.165, 1.54) is 44.9 Å². The Kier molecular flexibility index (Phi) is 19.7. The van der Waals surface area contributed by atoms with Gasteiger partial charge in [-0.3, -0.25) is 0 Å². The summed E-state index contributed by atoms with van der Waals surface area (Å²) in [6, 6.07) is 0. The Balaban J connectivity index is 2.90. The molecule has 0 saturated heterocycles. The first-order valence-electron chi connectivity index (χ1n) is 8.72. The maximum atomic E-state index is 5.34. The van der Waals surface area contributed by atoms with Crippen LogP contribution in [0.2, 0.25) is 0 Å². The van der Waals surface area contributed by atoms with E-state index in [4.69, 9.17) is 18.9 Å². The van der Waals surface area contributed by atoms with Gasteiger partial charge in [0.2, 0.25) is 0 Å². The number of hydrogen-bond acceptors (Lipinski definition) is 4. The second-order valence-corrected chi connectivity index (χ2v) is 5.22. The Bertz CT molecular complexity index is 158. The van der Waals surface area contributed by atoms with Gasteiger partial charge in [0.25, 0.3) is 0 Å². The average molecular weight is 304 g/mol. The first-order chi connectivity index (χ1) is 10.4. The van der Waals surface area contributed by atoms with Gasteiger partial charge in [-0.25, -0.2) is 0 Å². The molecule has 0 spiro atoms. The molecule has 0 aromatic rings. The van der Waals surface area contributed by atoms with Crippen molar-refractivity contribution in [3.8, 4) is 0 Å². The van der Waals surface area contributed by atoms with E-state index in [-0.39, 0.29) is 0 Å². The topological polar surface area (TPSA) is 36.9 Å². The highest BCUT2D eigenvalue weighted by Gasteiger charge is 1.94. The van der Waals surface area contributed by atoms with Gasteiger partial charge in [-0.15, -0.1) is 0 Å². The molecule has 0 aromatic carbocycles. The largest absolute Gasteiger partial charge is 0.356 e. The highest BCUT2D eigenvalue weighted by Crippen LogP contribution is 2.09. The summed E-state index contributed by atoms with van der Waals surface area (Å²) in [5.74, 6) is 0. The Labute approximate surface area is 131 Å². The summed E-state index contributed by atoms with van der Waals surface area (Å²) in [4.78, 5) is 0. The molecule has 0 unspecified atom stereocenters. The van der Waals surface area contributed by atoms with Crippen LogP contribution < -0.4 is 0 Å². The van der Waals surface area contributed by atoms with Crippen molar-refractivity contribution in [2.75, 3.05) is 40.0 Å². The third-order valence-electron chi connectivity index (χ3n) is 3.32. The smallest absolute Gasteiger partial charge is 0.146 e. The summed E-state index contributed by atoms with van der Waals surface area (Å²) in [5, 5.41) is 0. The van der Waals surface area contributed by atoms with Gasteiger partial charge in [0.15, 0.2) is 0 Å². The molecule has 4 heteroatoms. The number of hydrogen-bond donors (Lipinski definition) is 0. The van der Waals surface area contributed by atoms with E-state index >= 15 is 0 Å². The van der Waals surface area contributed by atoms with Gasteiger partial charge in [-0.2, -0.15) is 0 Å². The van der Waals surface area contributed by atoms with Gasteiger partial charge in [-0.1, -0.05) is 44.9 Å². The maximum absolute atomic E-state index is 5.34. The number of ether oxygens (including phenoxy) is 4. The fourth-order valence-electron chi connectivity index (χ4n) is 2.05. The lowest BCUT2D eigenvalue weighted by molar-refractivity contribution is -0.0503. The minimum atomic E-state index is 0.449. The van der Waals surface area contributed by atoms with Crippen molar-refractivity contribution < 1.29 is 18.9 Å². The fourth-order valence-corrected chi connectivity index (χ4v) is 2.05. The number of unbranched alkanes of at least 4 members (excludes halogenated alkanes) is 8. The molecule has 0 radical (unpaired) electrons. The van der Waals surface area contributed by atoms with E-state index in [0.717, 1.165) is 39.3 Å². The van der Waals surface area contributed by atoms with E-state index in [1.54, 1.807) is 0 Å². The Morgan fingerprint density at radius 3 is 1.10 bits per heavy atom. The molecule has 0 saturated carbocycles. The lowest BCUT2D eigenvalue weighted by atomic mass is 10.1. The van der Waals surface area contributed by atoms with Crippen LogP contribution in [0.1, 0.15) is 71.6 Å². The standard InChI is InChI=1S/C17H36O4/c1-3-18-16-20-14-12-10-8-6-5-7-9-11-13-15-21-17-19-4-2/h3-17H2,1-2H3. The summed E-state index contributed by atoms with van der Waals surface area (Å²) in [5.41, 5.74) is 0. The summed E-state index contributed by atoms with van der Waals surface area (Å²) < 4.78 is 20.9. The van der Waals surface area contributed by atoms with E-state index < -0.39 is 0 Å². The van der Waals surface area contributed by atoms with Crippen molar-refractivity contribution in [3.63, 3.8) is 0 Å². The Morgan fingerprint density at radius 1 is 0.429 bits per heavy atom. The second-order valence-electron chi connectivity index (χ2n) is 5.22. The van der Waals surface area contributed by atoms with E-state index in [1.807, 2.05) is 13.8 Å². The molecule has 0 amide bonds. The quantitative estimate of drug-likeness (QED) is 0.276. The van der Waals surface area contributed by atoms with Gasteiger partial charge >= 0.3 is 0 Å². The highest BCUT2D eigenvalue weighted by atomic mass is 16.7. The SMILES string of the molecule is CCOCOCCCCCCCCCCCOCOCC. The van der Waals surface area contributed by atoms with E-state index in [0.29, 0.717) is 13.6 Å². The van der Waals surface area contributed by atoms with Gasteiger partial charge in [-0.05, 0) is 26.7 Å². The molecule has 0 fully saturated rings. The number of rotatable bonds is 18. The van der Waals surface area contributed by atoms with Crippen molar-refractivity contribution >= 4 is 0 Å². The summed E-state index contributed by atoms with van der Waals surface area (Å²) >= 11 is 0. The second kappa shape index (κ2) is 19.8. The van der Waals surface area contributed by atoms with Gasteiger partial charge < -0.3 is 18.9 Å². The molecule has 0 aliphatic rings.